The molecule has 0 unspecified atom stereocenters. The number of piperazine rings is 1. The summed E-state index contributed by atoms with van der Waals surface area (Å²) in [4.78, 5) is 24.2. The van der Waals surface area contributed by atoms with Crippen LogP contribution in [0.15, 0.2) is 42.7 Å². The Morgan fingerprint density at radius 1 is 1.08 bits per heavy atom. The third-order valence-corrected chi connectivity index (χ3v) is 4.30. The van der Waals surface area contributed by atoms with Crippen LogP contribution in [0.25, 0.3) is 0 Å². The minimum atomic E-state index is 0.0587. The summed E-state index contributed by atoms with van der Waals surface area (Å²) >= 11 is 5.49. The molecular formula is C17H19N5OS. The molecule has 1 saturated heterocycles. The average Bonchev–Trinajstić information content (AvgIpc) is 2.63. The number of hydrogen-bond donors (Lipinski definition) is 1. The Bertz CT molecular complexity index is 712. The number of hydrogen-bond acceptors (Lipinski definition) is 5. The highest BCUT2D eigenvalue weighted by atomic mass is 32.1. The summed E-state index contributed by atoms with van der Waals surface area (Å²) in [6.45, 7) is 4.85. The molecule has 0 saturated carbocycles. The van der Waals surface area contributed by atoms with Crippen LogP contribution in [0.2, 0.25) is 0 Å². The van der Waals surface area contributed by atoms with E-state index in [1.54, 1.807) is 31.5 Å². The first kappa shape index (κ1) is 16.3. The zero-order valence-electron chi connectivity index (χ0n) is 13.5. The fourth-order valence-electron chi connectivity index (χ4n) is 2.55. The minimum Gasteiger partial charge on any atom is -0.345 e. The maximum atomic E-state index is 11.3. The van der Waals surface area contributed by atoms with Gasteiger partial charge in [-0.25, -0.2) is 9.97 Å². The zero-order chi connectivity index (χ0) is 16.9. The molecule has 0 amide bonds. The van der Waals surface area contributed by atoms with Gasteiger partial charge in [0.15, 0.2) is 10.9 Å². The minimum absolute atomic E-state index is 0.0587. The fraction of sp³-hybridized carbons (Fsp3) is 0.294. The Labute approximate surface area is 146 Å². The van der Waals surface area contributed by atoms with Crippen LogP contribution in [-0.2, 0) is 0 Å². The van der Waals surface area contributed by atoms with Crippen LogP contribution < -0.4 is 10.2 Å². The topological polar surface area (TPSA) is 61.4 Å². The molecule has 0 atom stereocenters. The van der Waals surface area contributed by atoms with Gasteiger partial charge in [-0.15, -0.1) is 0 Å². The Hall–Kier alpha value is -2.54. The van der Waals surface area contributed by atoms with Gasteiger partial charge in [-0.05, 0) is 49.5 Å². The molecule has 1 aromatic carbocycles. The molecule has 124 valence electrons. The molecule has 0 aliphatic carbocycles. The van der Waals surface area contributed by atoms with Crippen LogP contribution in [0, 0.1) is 0 Å². The predicted molar refractivity (Wildman–Crippen MR) is 98.5 cm³/mol. The van der Waals surface area contributed by atoms with Crippen molar-refractivity contribution in [1.82, 2.24) is 14.9 Å². The summed E-state index contributed by atoms with van der Waals surface area (Å²) in [5.74, 6) is 0.819. The van der Waals surface area contributed by atoms with Crippen LogP contribution in [0.4, 0.5) is 11.6 Å². The highest BCUT2D eigenvalue weighted by Gasteiger charge is 2.20. The maximum Gasteiger partial charge on any atom is 0.225 e. The summed E-state index contributed by atoms with van der Waals surface area (Å²) < 4.78 is 0. The predicted octanol–water partition coefficient (Wildman–Crippen LogP) is 2.20. The summed E-state index contributed by atoms with van der Waals surface area (Å²) in [6.07, 6.45) is 3.51. The third-order valence-electron chi connectivity index (χ3n) is 3.94. The van der Waals surface area contributed by atoms with E-state index in [9.17, 15) is 4.79 Å². The highest BCUT2D eigenvalue weighted by molar-refractivity contribution is 7.80. The first-order valence-electron chi connectivity index (χ1n) is 7.82. The van der Waals surface area contributed by atoms with Gasteiger partial charge in [0.05, 0.1) is 0 Å². The number of carbonyl (C=O) groups excluding carboxylic acids is 1. The molecule has 3 rings (SSSR count). The van der Waals surface area contributed by atoms with Crippen molar-refractivity contribution in [2.24, 2.45) is 0 Å². The van der Waals surface area contributed by atoms with E-state index in [2.05, 4.69) is 25.1 Å². The average molecular weight is 341 g/mol. The van der Waals surface area contributed by atoms with Crippen molar-refractivity contribution in [3.05, 3.63) is 48.3 Å². The lowest BCUT2D eigenvalue weighted by atomic mass is 10.1. The van der Waals surface area contributed by atoms with E-state index < -0.39 is 0 Å². The molecule has 1 aliphatic heterocycles. The lowest BCUT2D eigenvalue weighted by molar-refractivity contribution is 0.101. The van der Waals surface area contributed by atoms with E-state index in [0.29, 0.717) is 10.7 Å². The molecule has 1 aliphatic rings. The van der Waals surface area contributed by atoms with Gasteiger partial charge in [0.2, 0.25) is 5.95 Å². The number of Topliss-reactive ketones (excluding diaryl/α,β-unsaturated/α-hetero) is 1. The van der Waals surface area contributed by atoms with Gasteiger partial charge in [0.25, 0.3) is 0 Å². The molecule has 6 nitrogen and oxygen atoms in total. The van der Waals surface area contributed by atoms with Crippen LogP contribution in [0.1, 0.15) is 17.3 Å². The molecule has 0 spiro atoms. The van der Waals surface area contributed by atoms with Gasteiger partial charge >= 0.3 is 0 Å². The summed E-state index contributed by atoms with van der Waals surface area (Å²) in [7, 11) is 0. The van der Waals surface area contributed by atoms with Gasteiger partial charge in [-0.1, -0.05) is 0 Å². The van der Waals surface area contributed by atoms with E-state index in [1.807, 2.05) is 18.2 Å². The maximum absolute atomic E-state index is 11.3. The van der Waals surface area contributed by atoms with Crippen molar-refractivity contribution in [3.8, 4) is 0 Å². The van der Waals surface area contributed by atoms with E-state index in [1.165, 1.54) is 0 Å². The smallest absolute Gasteiger partial charge is 0.225 e. The van der Waals surface area contributed by atoms with Crippen LogP contribution in [-0.4, -0.2) is 51.9 Å². The molecule has 2 aromatic rings. The van der Waals surface area contributed by atoms with Gasteiger partial charge in [0, 0.05) is 49.8 Å². The quantitative estimate of drug-likeness (QED) is 0.678. The van der Waals surface area contributed by atoms with Crippen molar-refractivity contribution in [2.45, 2.75) is 6.92 Å². The number of aromatic nitrogens is 2. The van der Waals surface area contributed by atoms with Crippen LogP contribution >= 0.6 is 12.2 Å². The van der Waals surface area contributed by atoms with E-state index in [-0.39, 0.29) is 5.78 Å². The van der Waals surface area contributed by atoms with Crippen LogP contribution in [0.5, 0.6) is 0 Å². The third kappa shape index (κ3) is 3.86. The normalized spacial score (nSPS) is 14.4. The zero-order valence-corrected chi connectivity index (χ0v) is 14.3. The van der Waals surface area contributed by atoms with Crippen molar-refractivity contribution in [2.75, 3.05) is 36.4 Å². The van der Waals surface area contributed by atoms with Gasteiger partial charge < -0.3 is 15.1 Å². The number of ketones is 1. The van der Waals surface area contributed by atoms with Crippen molar-refractivity contribution >= 4 is 34.7 Å². The SMILES string of the molecule is CC(=O)c1ccc(NC(=S)N2CCN(c3ncccn3)CC2)cc1. The number of thiocarbonyl (C=S) groups is 1. The van der Waals surface area contributed by atoms with Crippen molar-refractivity contribution < 1.29 is 4.79 Å². The second kappa shape index (κ2) is 7.35. The second-order valence-electron chi connectivity index (χ2n) is 5.59. The Morgan fingerprint density at radius 2 is 1.71 bits per heavy atom. The lowest BCUT2D eigenvalue weighted by Crippen LogP contribution is -2.50. The van der Waals surface area contributed by atoms with Crippen molar-refractivity contribution in [3.63, 3.8) is 0 Å². The summed E-state index contributed by atoms with van der Waals surface area (Å²) in [5.41, 5.74) is 1.58. The van der Waals surface area contributed by atoms with E-state index in [4.69, 9.17) is 12.2 Å². The van der Waals surface area contributed by atoms with Crippen molar-refractivity contribution in [1.29, 1.82) is 0 Å². The van der Waals surface area contributed by atoms with E-state index in [0.717, 1.165) is 37.8 Å². The Balaban J connectivity index is 1.54. The molecule has 0 radical (unpaired) electrons. The molecule has 1 aromatic heterocycles. The molecular weight excluding hydrogens is 322 g/mol. The van der Waals surface area contributed by atoms with Gasteiger partial charge in [-0.2, -0.15) is 0 Å². The lowest BCUT2D eigenvalue weighted by Gasteiger charge is -2.36. The highest BCUT2D eigenvalue weighted by Crippen LogP contribution is 2.13. The standard InChI is InChI=1S/C17H19N5OS/c1-13(23)14-3-5-15(6-4-14)20-17(24)22-11-9-21(10-12-22)16-18-7-2-8-19-16/h2-8H,9-12H2,1H3,(H,20,24). The second-order valence-corrected chi connectivity index (χ2v) is 5.97. The Morgan fingerprint density at radius 3 is 2.29 bits per heavy atom. The molecule has 2 heterocycles. The van der Waals surface area contributed by atoms with E-state index >= 15 is 0 Å². The largest absolute Gasteiger partial charge is 0.345 e. The first-order chi connectivity index (χ1) is 11.6. The molecule has 24 heavy (non-hydrogen) atoms. The van der Waals surface area contributed by atoms with Crippen LogP contribution in [0.3, 0.4) is 0 Å². The Kier molecular flexibility index (Phi) is 5.00. The number of nitrogens with one attached hydrogen (secondary N) is 1. The first-order valence-corrected chi connectivity index (χ1v) is 8.23. The molecule has 1 fully saturated rings. The molecule has 1 N–H and O–H groups in total. The monoisotopic (exact) mass is 341 g/mol. The number of carbonyl (C=O) groups is 1. The number of rotatable bonds is 3. The molecule has 7 heteroatoms. The number of nitrogens with zero attached hydrogens (tertiary/aromatic N) is 4. The molecule has 0 bridgehead atoms. The fourth-order valence-corrected chi connectivity index (χ4v) is 2.86. The number of anilines is 2. The van der Waals surface area contributed by atoms with Gasteiger partial charge in [-0.3, -0.25) is 4.79 Å². The number of benzene rings is 1. The van der Waals surface area contributed by atoms with Gasteiger partial charge in [0.1, 0.15) is 0 Å². The summed E-state index contributed by atoms with van der Waals surface area (Å²) in [6, 6.07) is 9.17. The summed E-state index contributed by atoms with van der Waals surface area (Å²) in [5, 5.41) is 3.92.